The molecule has 0 aliphatic heterocycles. The first-order valence-corrected chi connectivity index (χ1v) is 3.38. The molecule has 0 N–H and O–H groups in total. The molecule has 0 unspecified atom stereocenters. The topological polar surface area (TPSA) is 64.5 Å². The number of aromatic nitrogens is 5. The summed E-state index contributed by atoms with van der Waals surface area (Å²) in [5, 5.41) is 10.8. The molecule has 0 aromatic carbocycles. The third-order valence-corrected chi connectivity index (χ3v) is 1.30. The predicted octanol–water partition coefficient (Wildman–Crippen LogP) is 0.329. The molecule has 12 heavy (non-hydrogen) atoms. The SMILES string of the molecule is c1cnc(-c2ccnnn2)nc1. The van der Waals surface area contributed by atoms with Gasteiger partial charge in [0.25, 0.3) is 0 Å². The van der Waals surface area contributed by atoms with Crippen molar-refractivity contribution in [2.75, 3.05) is 0 Å². The van der Waals surface area contributed by atoms with E-state index in [1.54, 1.807) is 30.7 Å². The molecule has 0 saturated carbocycles. The Hall–Kier alpha value is -1.91. The van der Waals surface area contributed by atoms with E-state index in [1.165, 1.54) is 0 Å². The second kappa shape index (κ2) is 3.00. The molecule has 58 valence electrons. The molecular weight excluding hydrogens is 154 g/mol. The lowest BCUT2D eigenvalue weighted by atomic mass is 10.4. The highest BCUT2D eigenvalue weighted by Crippen LogP contribution is 2.05. The zero-order chi connectivity index (χ0) is 8.23. The summed E-state index contributed by atoms with van der Waals surface area (Å²) in [5.41, 5.74) is 0.630. The average Bonchev–Trinajstić information content (AvgIpc) is 2.21. The summed E-state index contributed by atoms with van der Waals surface area (Å²) in [6, 6.07) is 3.46. The van der Waals surface area contributed by atoms with Gasteiger partial charge in [0.05, 0.1) is 6.20 Å². The van der Waals surface area contributed by atoms with Gasteiger partial charge in [-0.15, -0.1) is 10.2 Å². The number of rotatable bonds is 1. The monoisotopic (exact) mass is 159 g/mol. The quantitative estimate of drug-likeness (QED) is 0.599. The van der Waals surface area contributed by atoms with Gasteiger partial charge in [0.15, 0.2) is 5.82 Å². The minimum atomic E-state index is 0.562. The summed E-state index contributed by atoms with van der Waals surface area (Å²) in [4.78, 5) is 8.02. The second-order valence-electron chi connectivity index (χ2n) is 2.08. The summed E-state index contributed by atoms with van der Waals surface area (Å²) in [7, 11) is 0. The number of nitrogens with zero attached hydrogens (tertiary/aromatic N) is 5. The summed E-state index contributed by atoms with van der Waals surface area (Å²) < 4.78 is 0. The Balaban J connectivity index is 2.46. The molecule has 0 fully saturated rings. The first-order valence-electron chi connectivity index (χ1n) is 3.38. The first-order chi connectivity index (χ1) is 5.97. The van der Waals surface area contributed by atoms with Crippen LogP contribution < -0.4 is 0 Å². The fraction of sp³-hybridized carbons (Fsp3) is 0. The molecule has 2 heterocycles. The Morgan fingerprint density at radius 2 is 1.83 bits per heavy atom. The van der Waals surface area contributed by atoms with E-state index in [0.717, 1.165) is 0 Å². The van der Waals surface area contributed by atoms with Crippen molar-refractivity contribution >= 4 is 0 Å². The minimum absolute atomic E-state index is 0.562. The molecular formula is C7H5N5. The predicted molar refractivity (Wildman–Crippen MR) is 40.9 cm³/mol. The Morgan fingerprint density at radius 1 is 1.00 bits per heavy atom. The molecule has 2 aromatic rings. The van der Waals surface area contributed by atoms with Crippen molar-refractivity contribution in [3.8, 4) is 11.5 Å². The van der Waals surface area contributed by atoms with E-state index >= 15 is 0 Å². The van der Waals surface area contributed by atoms with Crippen LogP contribution in [0, 0.1) is 0 Å². The van der Waals surface area contributed by atoms with Crippen LogP contribution in [-0.4, -0.2) is 25.4 Å². The molecule has 0 bridgehead atoms. The van der Waals surface area contributed by atoms with Gasteiger partial charge in [0.1, 0.15) is 5.69 Å². The smallest absolute Gasteiger partial charge is 0.180 e. The summed E-state index contributed by atoms with van der Waals surface area (Å²) in [5.74, 6) is 0.562. The normalized spacial score (nSPS) is 9.67. The molecule has 0 amide bonds. The van der Waals surface area contributed by atoms with Crippen molar-refractivity contribution in [3.05, 3.63) is 30.7 Å². The maximum atomic E-state index is 4.01. The molecule has 0 aliphatic carbocycles. The maximum Gasteiger partial charge on any atom is 0.180 e. The van der Waals surface area contributed by atoms with Crippen molar-refractivity contribution in [3.63, 3.8) is 0 Å². The molecule has 0 saturated heterocycles. The highest BCUT2D eigenvalue weighted by atomic mass is 15.3. The Bertz CT molecular complexity index is 309. The van der Waals surface area contributed by atoms with E-state index in [-0.39, 0.29) is 0 Å². The highest BCUT2D eigenvalue weighted by molar-refractivity contribution is 5.45. The van der Waals surface area contributed by atoms with Gasteiger partial charge in [-0.25, -0.2) is 9.97 Å². The summed E-state index contributed by atoms with van der Waals surface area (Å²) >= 11 is 0. The van der Waals surface area contributed by atoms with Gasteiger partial charge in [0.2, 0.25) is 0 Å². The van der Waals surface area contributed by atoms with Gasteiger partial charge in [-0.05, 0) is 17.3 Å². The standard InChI is InChI=1S/C7H5N5/c1-3-8-7(9-4-1)6-2-5-10-12-11-6/h1-5H. The van der Waals surface area contributed by atoms with Crippen LogP contribution in [0.2, 0.25) is 0 Å². The van der Waals surface area contributed by atoms with Crippen LogP contribution in [0.5, 0.6) is 0 Å². The molecule has 5 nitrogen and oxygen atoms in total. The van der Waals surface area contributed by atoms with E-state index in [1.807, 2.05) is 0 Å². The van der Waals surface area contributed by atoms with E-state index in [2.05, 4.69) is 25.4 Å². The van der Waals surface area contributed by atoms with Gasteiger partial charge in [-0.1, -0.05) is 0 Å². The van der Waals surface area contributed by atoms with Gasteiger partial charge in [-0.3, -0.25) is 0 Å². The lowest BCUT2D eigenvalue weighted by molar-refractivity contribution is 0.863. The highest BCUT2D eigenvalue weighted by Gasteiger charge is 1.99. The van der Waals surface area contributed by atoms with Crippen LogP contribution in [0.4, 0.5) is 0 Å². The van der Waals surface area contributed by atoms with Crippen molar-refractivity contribution < 1.29 is 0 Å². The largest absolute Gasteiger partial charge is 0.235 e. The van der Waals surface area contributed by atoms with E-state index < -0.39 is 0 Å². The molecule has 0 atom stereocenters. The van der Waals surface area contributed by atoms with E-state index in [4.69, 9.17) is 0 Å². The van der Waals surface area contributed by atoms with E-state index in [0.29, 0.717) is 11.5 Å². The van der Waals surface area contributed by atoms with Gasteiger partial charge in [0, 0.05) is 12.4 Å². The van der Waals surface area contributed by atoms with Crippen molar-refractivity contribution in [2.24, 2.45) is 0 Å². The maximum absolute atomic E-state index is 4.01. The van der Waals surface area contributed by atoms with Crippen LogP contribution >= 0.6 is 0 Å². The lowest BCUT2D eigenvalue weighted by Crippen LogP contribution is -1.92. The first kappa shape index (κ1) is 6.78. The minimum Gasteiger partial charge on any atom is -0.235 e. The fourth-order valence-electron chi connectivity index (χ4n) is 0.792. The van der Waals surface area contributed by atoms with Gasteiger partial charge in [-0.2, -0.15) is 0 Å². The summed E-state index contributed by atoms with van der Waals surface area (Å²) in [6.45, 7) is 0. The summed E-state index contributed by atoms with van der Waals surface area (Å²) in [6.07, 6.45) is 4.87. The molecule has 0 spiro atoms. The van der Waals surface area contributed by atoms with Crippen molar-refractivity contribution in [1.29, 1.82) is 0 Å². The zero-order valence-corrected chi connectivity index (χ0v) is 6.12. The second-order valence-corrected chi connectivity index (χ2v) is 2.08. The van der Waals surface area contributed by atoms with Crippen LogP contribution in [-0.2, 0) is 0 Å². The third kappa shape index (κ3) is 1.24. The van der Waals surface area contributed by atoms with Crippen LogP contribution in [0.25, 0.3) is 11.5 Å². The molecule has 0 aliphatic rings. The van der Waals surface area contributed by atoms with Crippen molar-refractivity contribution in [1.82, 2.24) is 25.4 Å². The molecule has 5 heteroatoms. The van der Waals surface area contributed by atoms with E-state index in [9.17, 15) is 0 Å². The van der Waals surface area contributed by atoms with Crippen LogP contribution in [0.3, 0.4) is 0 Å². The van der Waals surface area contributed by atoms with Crippen LogP contribution in [0.1, 0.15) is 0 Å². The molecule has 0 radical (unpaired) electrons. The zero-order valence-electron chi connectivity index (χ0n) is 6.12. The van der Waals surface area contributed by atoms with Crippen molar-refractivity contribution in [2.45, 2.75) is 0 Å². The molecule has 2 rings (SSSR count). The Kier molecular flexibility index (Phi) is 1.69. The van der Waals surface area contributed by atoms with Gasteiger partial charge < -0.3 is 0 Å². The van der Waals surface area contributed by atoms with Gasteiger partial charge >= 0.3 is 0 Å². The van der Waals surface area contributed by atoms with Crippen LogP contribution in [0.15, 0.2) is 30.7 Å². The molecule has 2 aromatic heterocycles. The Labute approximate surface area is 68.5 Å². The number of hydrogen-bond donors (Lipinski definition) is 0. The fourth-order valence-corrected chi connectivity index (χ4v) is 0.792. The number of hydrogen-bond acceptors (Lipinski definition) is 5. The third-order valence-electron chi connectivity index (χ3n) is 1.30. The average molecular weight is 159 g/mol. The Morgan fingerprint density at radius 3 is 2.50 bits per heavy atom. The lowest BCUT2D eigenvalue weighted by Gasteiger charge is -1.93.